The molecule has 1 aromatic rings. The van der Waals surface area contributed by atoms with E-state index < -0.39 is 10.8 Å². The van der Waals surface area contributed by atoms with Crippen molar-refractivity contribution in [1.82, 2.24) is 0 Å². The van der Waals surface area contributed by atoms with Crippen molar-refractivity contribution in [1.29, 1.82) is 0 Å². The lowest BCUT2D eigenvalue weighted by molar-refractivity contribution is 0.354. The van der Waals surface area contributed by atoms with Crippen LogP contribution in [0.5, 0.6) is 5.75 Å². The summed E-state index contributed by atoms with van der Waals surface area (Å²) in [5.41, 5.74) is 7.93. The second-order valence-electron chi connectivity index (χ2n) is 4.71. The molecule has 18 heavy (non-hydrogen) atoms. The second kappa shape index (κ2) is 6.17. The highest BCUT2D eigenvalue weighted by molar-refractivity contribution is 9.10. The van der Waals surface area contributed by atoms with Gasteiger partial charge in [-0.3, -0.25) is 4.21 Å². The maximum absolute atomic E-state index is 12.0. The first-order chi connectivity index (χ1) is 8.56. The standard InChI is InChI=1S/C13H18BrNO2S/c1-9(15)3-5-18(16)8-11-7-12(14)6-10-2-4-17-13(10)11/h6-7,9H,2-5,8,15H2,1H3. The van der Waals surface area contributed by atoms with Gasteiger partial charge in [-0.1, -0.05) is 15.9 Å². The Bertz CT molecular complexity index is 463. The first kappa shape index (κ1) is 14.0. The average molecular weight is 332 g/mol. The molecule has 0 saturated heterocycles. The topological polar surface area (TPSA) is 52.3 Å². The maximum atomic E-state index is 12.0. The monoisotopic (exact) mass is 331 g/mol. The molecule has 2 unspecified atom stereocenters. The fraction of sp³-hybridized carbons (Fsp3) is 0.538. The van der Waals surface area contributed by atoms with Gasteiger partial charge in [0, 0.05) is 39.1 Å². The van der Waals surface area contributed by atoms with Crippen LogP contribution in [0.2, 0.25) is 0 Å². The van der Waals surface area contributed by atoms with Crippen LogP contribution in [0, 0.1) is 0 Å². The predicted octanol–water partition coefficient (Wildman–Crippen LogP) is 2.37. The molecule has 2 rings (SSSR count). The highest BCUT2D eigenvalue weighted by Crippen LogP contribution is 2.33. The molecule has 0 bridgehead atoms. The molecule has 1 aliphatic rings. The molecule has 0 fully saturated rings. The summed E-state index contributed by atoms with van der Waals surface area (Å²) in [7, 11) is -0.873. The Morgan fingerprint density at radius 1 is 1.56 bits per heavy atom. The van der Waals surface area contributed by atoms with Gasteiger partial charge in [0.05, 0.1) is 12.4 Å². The molecule has 2 atom stereocenters. The molecule has 0 spiro atoms. The van der Waals surface area contributed by atoms with Gasteiger partial charge in [0.25, 0.3) is 0 Å². The van der Waals surface area contributed by atoms with Gasteiger partial charge < -0.3 is 10.5 Å². The quantitative estimate of drug-likeness (QED) is 0.901. The van der Waals surface area contributed by atoms with Crippen molar-refractivity contribution in [3.63, 3.8) is 0 Å². The number of halogens is 1. The van der Waals surface area contributed by atoms with Gasteiger partial charge in [0.15, 0.2) is 0 Å². The van der Waals surface area contributed by atoms with Crippen molar-refractivity contribution in [3.8, 4) is 5.75 Å². The zero-order valence-corrected chi connectivity index (χ0v) is 12.9. The summed E-state index contributed by atoms with van der Waals surface area (Å²) in [5.74, 6) is 2.14. The Hall–Kier alpha value is -0.390. The molecular weight excluding hydrogens is 314 g/mol. The average Bonchev–Trinajstić information content (AvgIpc) is 2.74. The summed E-state index contributed by atoms with van der Waals surface area (Å²) in [6, 6.07) is 4.20. The third-order valence-corrected chi connectivity index (χ3v) is 4.72. The van der Waals surface area contributed by atoms with Gasteiger partial charge in [0.1, 0.15) is 5.75 Å². The van der Waals surface area contributed by atoms with Gasteiger partial charge in [0.2, 0.25) is 0 Å². The van der Waals surface area contributed by atoms with Gasteiger partial charge in [-0.2, -0.15) is 0 Å². The molecule has 100 valence electrons. The van der Waals surface area contributed by atoms with E-state index in [1.807, 2.05) is 13.0 Å². The fourth-order valence-electron chi connectivity index (χ4n) is 2.02. The van der Waals surface area contributed by atoms with E-state index in [4.69, 9.17) is 10.5 Å². The second-order valence-corrected chi connectivity index (χ2v) is 7.20. The number of rotatable bonds is 5. The summed E-state index contributed by atoms with van der Waals surface area (Å²) >= 11 is 3.49. The molecule has 0 aliphatic carbocycles. The number of benzene rings is 1. The molecule has 3 nitrogen and oxygen atoms in total. The molecule has 1 aromatic carbocycles. The van der Waals surface area contributed by atoms with E-state index >= 15 is 0 Å². The summed E-state index contributed by atoms with van der Waals surface area (Å²) in [5, 5.41) is 0. The summed E-state index contributed by atoms with van der Waals surface area (Å²) in [4.78, 5) is 0. The van der Waals surface area contributed by atoms with Gasteiger partial charge in [-0.05, 0) is 31.0 Å². The Morgan fingerprint density at radius 3 is 3.06 bits per heavy atom. The molecule has 2 N–H and O–H groups in total. The van der Waals surface area contributed by atoms with Crippen molar-refractivity contribution < 1.29 is 8.95 Å². The van der Waals surface area contributed by atoms with Crippen LogP contribution < -0.4 is 10.5 Å². The molecule has 0 amide bonds. The van der Waals surface area contributed by atoms with Gasteiger partial charge >= 0.3 is 0 Å². The Morgan fingerprint density at radius 2 is 2.33 bits per heavy atom. The number of fused-ring (bicyclic) bond motifs is 1. The summed E-state index contributed by atoms with van der Waals surface area (Å²) < 4.78 is 18.7. The Balaban J connectivity index is 2.07. The lowest BCUT2D eigenvalue weighted by atomic mass is 10.1. The molecule has 0 saturated carbocycles. The largest absolute Gasteiger partial charge is 0.493 e. The molecule has 5 heteroatoms. The summed E-state index contributed by atoms with van der Waals surface area (Å²) in [6.45, 7) is 2.67. The van der Waals surface area contributed by atoms with Crippen molar-refractivity contribution in [2.45, 2.75) is 31.6 Å². The summed E-state index contributed by atoms with van der Waals surface area (Å²) in [6.07, 6.45) is 1.73. The lowest BCUT2D eigenvalue weighted by Crippen LogP contribution is -2.18. The van der Waals surface area contributed by atoms with Crippen molar-refractivity contribution in [2.24, 2.45) is 5.73 Å². The molecule has 0 radical (unpaired) electrons. The van der Waals surface area contributed by atoms with Crippen molar-refractivity contribution in [2.75, 3.05) is 12.4 Å². The maximum Gasteiger partial charge on any atom is 0.126 e. The van der Waals surface area contributed by atoms with E-state index in [1.165, 1.54) is 5.56 Å². The minimum atomic E-state index is -0.873. The zero-order chi connectivity index (χ0) is 13.1. The van der Waals surface area contributed by atoms with Crippen LogP contribution in [0.25, 0.3) is 0 Å². The zero-order valence-electron chi connectivity index (χ0n) is 10.4. The van der Waals surface area contributed by atoms with E-state index in [0.717, 1.165) is 35.2 Å². The molecule has 0 aromatic heterocycles. The number of nitrogens with two attached hydrogens (primary N) is 1. The van der Waals surface area contributed by atoms with Crippen LogP contribution >= 0.6 is 15.9 Å². The third kappa shape index (κ3) is 3.56. The van der Waals surface area contributed by atoms with Crippen LogP contribution in [0.3, 0.4) is 0 Å². The fourth-order valence-corrected chi connectivity index (χ4v) is 3.91. The van der Waals surface area contributed by atoms with Crippen LogP contribution in [0.1, 0.15) is 24.5 Å². The predicted molar refractivity (Wildman–Crippen MR) is 78.3 cm³/mol. The molecular formula is C13H18BrNO2S. The number of hydrogen-bond acceptors (Lipinski definition) is 3. The smallest absolute Gasteiger partial charge is 0.126 e. The Kier molecular flexibility index (Phi) is 4.81. The van der Waals surface area contributed by atoms with Crippen LogP contribution in [-0.4, -0.2) is 22.6 Å². The van der Waals surface area contributed by atoms with E-state index in [0.29, 0.717) is 11.5 Å². The van der Waals surface area contributed by atoms with E-state index in [9.17, 15) is 4.21 Å². The normalized spacial score (nSPS) is 17.1. The van der Waals surface area contributed by atoms with Crippen molar-refractivity contribution >= 4 is 26.7 Å². The lowest BCUT2D eigenvalue weighted by Gasteiger charge is -2.10. The van der Waals surface area contributed by atoms with Gasteiger partial charge in [-0.15, -0.1) is 0 Å². The molecule has 1 aliphatic heterocycles. The Labute approximate surface area is 119 Å². The SMILES string of the molecule is CC(N)CCS(=O)Cc1cc(Br)cc2c1OCC2. The minimum Gasteiger partial charge on any atom is -0.493 e. The van der Waals surface area contributed by atoms with E-state index in [-0.39, 0.29) is 6.04 Å². The first-order valence-electron chi connectivity index (χ1n) is 6.11. The third-order valence-electron chi connectivity index (χ3n) is 2.94. The highest BCUT2D eigenvalue weighted by atomic mass is 79.9. The van der Waals surface area contributed by atoms with Crippen LogP contribution in [-0.2, 0) is 23.0 Å². The molecule has 1 heterocycles. The van der Waals surface area contributed by atoms with Crippen LogP contribution in [0.15, 0.2) is 16.6 Å². The van der Waals surface area contributed by atoms with Gasteiger partial charge in [-0.25, -0.2) is 0 Å². The highest BCUT2D eigenvalue weighted by Gasteiger charge is 2.18. The number of ether oxygens (including phenoxy) is 1. The number of hydrogen-bond donors (Lipinski definition) is 1. The van der Waals surface area contributed by atoms with Crippen LogP contribution in [0.4, 0.5) is 0 Å². The first-order valence-corrected chi connectivity index (χ1v) is 8.39. The van der Waals surface area contributed by atoms with Crippen molar-refractivity contribution in [3.05, 3.63) is 27.7 Å². The van der Waals surface area contributed by atoms with E-state index in [2.05, 4.69) is 22.0 Å². The minimum absolute atomic E-state index is 0.110. The van der Waals surface area contributed by atoms with E-state index in [1.54, 1.807) is 0 Å².